The van der Waals surface area contributed by atoms with Crippen LogP contribution in [0.2, 0.25) is 0 Å². The third-order valence-corrected chi connectivity index (χ3v) is 5.31. The Morgan fingerprint density at radius 3 is 2.52 bits per heavy atom. The fourth-order valence-electron chi connectivity index (χ4n) is 3.76. The summed E-state index contributed by atoms with van der Waals surface area (Å²) in [5, 5.41) is 0. The average Bonchev–Trinajstić information content (AvgIpc) is 2.81. The predicted molar refractivity (Wildman–Crippen MR) is 119 cm³/mol. The number of carbonyl (C=O) groups is 2. The minimum absolute atomic E-state index is 0.0698. The van der Waals surface area contributed by atoms with Crippen LogP contribution < -0.4 is 9.64 Å². The second kappa shape index (κ2) is 10.7. The van der Waals surface area contributed by atoms with Crippen LogP contribution in [-0.4, -0.2) is 78.0 Å². The Labute approximate surface area is 183 Å². The largest absolute Gasteiger partial charge is 0.495 e. The Morgan fingerprint density at radius 2 is 1.87 bits per heavy atom. The number of anilines is 1. The summed E-state index contributed by atoms with van der Waals surface area (Å²) in [7, 11) is 1.67. The molecule has 0 bridgehead atoms. The Balaban J connectivity index is 1.55. The smallest absolute Gasteiger partial charge is 0.274 e. The molecule has 1 aromatic carbocycles. The molecular formula is C23H31N5O3. The molecule has 1 aliphatic heterocycles. The Morgan fingerprint density at radius 1 is 1.13 bits per heavy atom. The second-order valence-corrected chi connectivity index (χ2v) is 8.03. The van der Waals surface area contributed by atoms with Crippen LogP contribution in [0.1, 0.15) is 30.8 Å². The molecule has 0 spiro atoms. The van der Waals surface area contributed by atoms with Crippen LogP contribution >= 0.6 is 0 Å². The fraction of sp³-hybridized carbons (Fsp3) is 0.478. The van der Waals surface area contributed by atoms with E-state index >= 15 is 0 Å². The van der Waals surface area contributed by atoms with Crippen molar-refractivity contribution in [3.05, 3.63) is 48.5 Å². The summed E-state index contributed by atoms with van der Waals surface area (Å²) in [6.07, 6.45) is 4.81. The number of rotatable bonds is 8. The van der Waals surface area contributed by atoms with E-state index in [1.54, 1.807) is 12.0 Å². The molecule has 3 rings (SSSR count). The van der Waals surface area contributed by atoms with Crippen molar-refractivity contribution >= 4 is 17.5 Å². The molecule has 2 amide bonds. The van der Waals surface area contributed by atoms with Crippen molar-refractivity contribution in [2.45, 2.75) is 20.3 Å². The first-order chi connectivity index (χ1) is 15.0. The molecule has 31 heavy (non-hydrogen) atoms. The molecule has 0 saturated carbocycles. The molecule has 1 aromatic heterocycles. The number of piperazine rings is 1. The van der Waals surface area contributed by atoms with Gasteiger partial charge >= 0.3 is 0 Å². The van der Waals surface area contributed by atoms with Crippen molar-refractivity contribution < 1.29 is 14.3 Å². The Hall–Kier alpha value is -3.16. The zero-order valence-electron chi connectivity index (χ0n) is 18.5. The van der Waals surface area contributed by atoms with Crippen LogP contribution in [0.4, 0.5) is 5.69 Å². The predicted octanol–water partition coefficient (Wildman–Crippen LogP) is 2.32. The lowest BCUT2D eigenvalue weighted by Gasteiger charge is -2.37. The number of nitrogens with zero attached hydrogens (tertiary/aromatic N) is 5. The summed E-state index contributed by atoms with van der Waals surface area (Å²) >= 11 is 0. The molecule has 0 radical (unpaired) electrons. The first-order valence-corrected chi connectivity index (χ1v) is 10.7. The Bertz CT molecular complexity index is 867. The van der Waals surface area contributed by atoms with Gasteiger partial charge in [0.1, 0.15) is 11.4 Å². The van der Waals surface area contributed by atoms with Crippen LogP contribution in [-0.2, 0) is 4.79 Å². The molecule has 1 saturated heterocycles. The summed E-state index contributed by atoms with van der Waals surface area (Å²) < 4.78 is 5.46. The summed E-state index contributed by atoms with van der Waals surface area (Å²) in [5.74, 6) is 1.02. The van der Waals surface area contributed by atoms with E-state index in [0.29, 0.717) is 44.2 Å². The third-order valence-electron chi connectivity index (χ3n) is 5.31. The molecule has 8 nitrogen and oxygen atoms in total. The van der Waals surface area contributed by atoms with Crippen molar-refractivity contribution in [2.24, 2.45) is 5.92 Å². The molecule has 1 aliphatic rings. The van der Waals surface area contributed by atoms with Crippen LogP contribution in [0.25, 0.3) is 0 Å². The van der Waals surface area contributed by atoms with E-state index in [1.165, 1.54) is 18.6 Å². The lowest BCUT2D eigenvalue weighted by atomic mass is 10.2. The van der Waals surface area contributed by atoms with Gasteiger partial charge in [-0.05, 0) is 18.1 Å². The molecule has 0 atom stereocenters. The molecule has 1 fully saturated rings. The fourth-order valence-corrected chi connectivity index (χ4v) is 3.76. The lowest BCUT2D eigenvalue weighted by molar-refractivity contribution is -0.131. The SMILES string of the molecule is COc1ccccc1N1CCN(C(=O)CCN(CC(C)C)C(=O)c2cnccn2)CC1. The Kier molecular flexibility index (Phi) is 7.81. The maximum absolute atomic E-state index is 12.8. The average molecular weight is 426 g/mol. The van der Waals surface area contributed by atoms with E-state index in [-0.39, 0.29) is 11.8 Å². The van der Waals surface area contributed by atoms with Gasteiger partial charge in [0, 0.05) is 58.1 Å². The summed E-state index contributed by atoms with van der Waals surface area (Å²) in [5.41, 5.74) is 1.36. The van der Waals surface area contributed by atoms with Gasteiger partial charge < -0.3 is 19.4 Å². The zero-order chi connectivity index (χ0) is 22.2. The lowest BCUT2D eigenvalue weighted by Crippen LogP contribution is -2.49. The van der Waals surface area contributed by atoms with Gasteiger partial charge in [0.2, 0.25) is 5.91 Å². The molecule has 0 aliphatic carbocycles. The highest BCUT2D eigenvalue weighted by Gasteiger charge is 2.25. The molecule has 8 heteroatoms. The van der Waals surface area contributed by atoms with E-state index in [9.17, 15) is 9.59 Å². The summed E-state index contributed by atoms with van der Waals surface area (Å²) in [6, 6.07) is 7.93. The zero-order valence-corrected chi connectivity index (χ0v) is 18.5. The van der Waals surface area contributed by atoms with Crippen molar-refractivity contribution in [3.8, 4) is 5.75 Å². The van der Waals surface area contributed by atoms with Gasteiger partial charge in [-0.25, -0.2) is 4.98 Å². The molecule has 0 N–H and O–H groups in total. The number of methoxy groups -OCH3 is 1. The number of ether oxygens (including phenoxy) is 1. The minimum Gasteiger partial charge on any atom is -0.495 e. The highest BCUT2D eigenvalue weighted by Crippen LogP contribution is 2.28. The molecule has 2 heterocycles. The number of amides is 2. The van der Waals surface area contributed by atoms with Gasteiger partial charge in [-0.2, -0.15) is 0 Å². The van der Waals surface area contributed by atoms with Crippen LogP contribution in [0.5, 0.6) is 5.75 Å². The van der Waals surface area contributed by atoms with Crippen molar-refractivity contribution in [2.75, 3.05) is 51.3 Å². The quantitative estimate of drug-likeness (QED) is 0.646. The summed E-state index contributed by atoms with van der Waals surface area (Å²) in [6.45, 7) is 7.86. The van der Waals surface area contributed by atoms with E-state index in [0.717, 1.165) is 24.5 Å². The van der Waals surface area contributed by atoms with Gasteiger partial charge in [-0.1, -0.05) is 26.0 Å². The number of hydrogen-bond donors (Lipinski definition) is 0. The molecule has 166 valence electrons. The minimum atomic E-state index is -0.185. The van der Waals surface area contributed by atoms with Crippen LogP contribution in [0.3, 0.4) is 0 Å². The first-order valence-electron chi connectivity index (χ1n) is 10.7. The van der Waals surface area contributed by atoms with Crippen molar-refractivity contribution in [1.82, 2.24) is 19.8 Å². The van der Waals surface area contributed by atoms with E-state index in [1.807, 2.05) is 29.2 Å². The van der Waals surface area contributed by atoms with Crippen molar-refractivity contribution in [1.29, 1.82) is 0 Å². The van der Waals surface area contributed by atoms with E-state index in [4.69, 9.17) is 4.74 Å². The van der Waals surface area contributed by atoms with Gasteiger partial charge in [0.25, 0.3) is 5.91 Å². The topological polar surface area (TPSA) is 78.9 Å². The number of para-hydroxylation sites is 2. The van der Waals surface area contributed by atoms with E-state index in [2.05, 4.69) is 28.7 Å². The second-order valence-electron chi connectivity index (χ2n) is 8.03. The van der Waals surface area contributed by atoms with E-state index < -0.39 is 0 Å². The maximum Gasteiger partial charge on any atom is 0.274 e. The highest BCUT2D eigenvalue weighted by atomic mass is 16.5. The molecule has 0 unspecified atom stereocenters. The van der Waals surface area contributed by atoms with Crippen LogP contribution in [0.15, 0.2) is 42.9 Å². The maximum atomic E-state index is 12.8. The monoisotopic (exact) mass is 425 g/mol. The number of carbonyl (C=O) groups excluding carboxylic acids is 2. The normalized spacial score (nSPS) is 13.9. The third kappa shape index (κ3) is 5.93. The van der Waals surface area contributed by atoms with Gasteiger partial charge in [0.05, 0.1) is 19.0 Å². The standard InChI is InChI=1S/C23H31N5O3/c1-18(2)17-28(23(30)19-16-24-9-10-25-19)11-8-22(29)27-14-12-26(13-15-27)20-6-4-5-7-21(20)31-3/h4-7,9-10,16,18H,8,11-15,17H2,1-3H3. The van der Waals surface area contributed by atoms with Gasteiger partial charge in [-0.3, -0.25) is 14.6 Å². The van der Waals surface area contributed by atoms with Crippen LogP contribution in [0, 0.1) is 5.92 Å². The molecular weight excluding hydrogens is 394 g/mol. The van der Waals surface area contributed by atoms with Gasteiger partial charge in [-0.15, -0.1) is 0 Å². The number of aromatic nitrogens is 2. The highest BCUT2D eigenvalue weighted by molar-refractivity contribution is 5.92. The van der Waals surface area contributed by atoms with Gasteiger partial charge in [0.15, 0.2) is 0 Å². The van der Waals surface area contributed by atoms with Crippen molar-refractivity contribution in [3.63, 3.8) is 0 Å². The number of hydrogen-bond acceptors (Lipinski definition) is 6. The number of benzene rings is 1. The summed E-state index contributed by atoms with van der Waals surface area (Å²) in [4.78, 5) is 39.6. The first kappa shape index (κ1) is 22.5. The molecule has 2 aromatic rings.